The molecule has 0 spiro atoms. The van der Waals surface area contributed by atoms with Gasteiger partial charge in [0.2, 0.25) is 0 Å². The molecule has 1 aromatic heterocycles. The Morgan fingerprint density at radius 2 is 1.68 bits per heavy atom. The normalized spacial score (nSPS) is 9.76. The third-order valence-electron chi connectivity index (χ3n) is 3.18. The first-order valence-electron chi connectivity index (χ1n) is 6.96. The van der Waals surface area contributed by atoms with Gasteiger partial charge in [0.05, 0.1) is 22.6 Å². The van der Waals surface area contributed by atoms with E-state index in [2.05, 4.69) is 5.10 Å². The van der Waals surface area contributed by atoms with Crippen LogP contribution in [0.25, 0.3) is 5.69 Å². The molecule has 0 saturated carbocycles. The zero-order valence-corrected chi connectivity index (χ0v) is 13.8. The number of nitrogens with two attached hydrogens (primary N) is 4. The molecule has 0 radical (unpaired) electrons. The average molecular weight is 358 g/mol. The van der Waals surface area contributed by atoms with Gasteiger partial charge in [-0.05, 0) is 36.4 Å². The molecule has 0 atom stereocenters. The maximum absolute atomic E-state index is 8.86. The van der Waals surface area contributed by atoms with Gasteiger partial charge in [0, 0.05) is 11.4 Å². The Balaban J connectivity index is 0.000000212. The standard InChI is InChI=1S/C10H10N6.C6H6ClNO/c11-4-6-5-15-16(10(6)14)9-3-7(12)1-2-8(9)13;7-5-3-4(8)1-2-6(5)9/h1-3,5H,12-14H2;1-3,9H,8H2. The molecule has 9 N–H and O–H groups in total. The highest BCUT2D eigenvalue weighted by Gasteiger charge is 2.10. The second-order valence-corrected chi connectivity index (χ2v) is 5.40. The lowest BCUT2D eigenvalue weighted by molar-refractivity contribution is 0.475. The van der Waals surface area contributed by atoms with E-state index >= 15 is 0 Å². The van der Waals surface area contributed by atoms with Crippen LogP contribution in [0.2, 0.25) is 5.02 Å². The van der Waals surface area contributed by atoms with Gasteiger partial charge in [-0.3, -0.25) is 0 Å². The number of aromatic nitrogens is 2. The Morgan fingerprint density at radius 3 is 2.24 bits per heavy atom. The number of aromatic hydroxyl groups is 1. The number of nitrogen functional groups attached to an aromatic ring is 4. The monoisotopic (exact) mass is 357 g/mol. The molecule has 8 nitrogen and oxygen atoms in total. The topological polar surface area (TPSA) is 166 Å². The Bertz CT molecular complexity index is 946. The molecular weight excluding hydrogens is 342 g/mol. The largest absolute Gasteiger partial charge is 0.506 e. The van der Waals surface area contributed by atoms with Gasteiger partial charge in [-0.1, -0.05) is 11.6 Å². The van der Waals surface area contributed by atoms with Crippen LogP contribution in [0.1, 0.15) is 5.56 Å². The molecule has 0 aliphatic carbocycles. The summed E-state index contributed by atoms with van der Waals surface area (Å²) in [7, 11) is 0. The molecule has 0 saturated heterocycles. The van der Waals surface area contributed by atoms with Crippen molar-refractivity contribution in [1.82, 2.24) is 9.78 Å². The molecule has 3 rings (SSSR count). The Kier molecular flexibility index (Phi) is 5.22. The van der Waals surface area contributed by atoms with Crippen LogP contribution >= 0.6 is 11.6 Å². The fraction of sp³-hybridized carbons (Fsp3) is 0. The molecule has 0 bridgehead atoms. The Morgan fingerprint density at radius 1 is 1.04 bits per heavy atom. The molecule has 2 aromatic carbocycles. The number of benzene rings is 2. The van der Waals surface area contributed by atoms with Crippen LogP contribution in [0.15, 0.2) is 42.6 Å². The summed E-state index contributed by atoms with van der Waals surface area (Å²) < 4.78 is 1.39. The number of nitriles is 1. The number of phenols is 1. The lowest BCUT2D eigenvalue weighted by atomic mass is 10.2. The SMILES string of the molecule is N#Cc1cnn(-c2cc(N)ccc2N)c1N.Nc1ccc(O)c(Cl)c1. The summed E-state index contributed by atoms with van der Waals surface area (Å²) >= 11 is 5.48. The first-order chi connectivity index (χ1) is 11.8. The molecule has 0 aliphatic heterocycles. The number of rotatable bonds is 1. The number of hydrogen-bond acceptors (Lipinski definition) is 7. The van der Waals surface area contributed by atoms with Gasteiger partial charge in [0.1, 0.15) is 23.2 Å². The average Bonchev–Trinajstić information content (AvgIpc) is 2.95. The minimum atomic E-state index is 0.0610. The van der Waals surface area contributed by atoms with Gasteiger partial charge in [-0.2, -0.15) is 10.4 Å². The quantitative estimate of drug-likeness (QED) is 0.328. The van der Waals surface area contributed by atoms with Crippen molar-refractivity contribution >= 4 is 34.5 Å². The second-order valence-electron chi connectivity index (χ2n) is 5.00. The van der Waals surface area contributed by atoms with Crippen molar-refractivity contribution < 1.29 is 5.11 Å². The fourth-order valence-corrected chi connectivity index (χ4v) is 2.09. The highest BCUT2D eigenvalue weighted by Crippen LogP contribution is 2.24. The zero-order chi connectivity index (χ0) is 18.6. The molecule has 1 heterocycles. The lowest BCUT2D eigenvalue weighted by Crippen LogP contribution is -2.06. The predicted octanol–water partition coefficient (Wildman–Crippen LogP) is 2.12. The number of halogens is 1. The van der Waals surface area contributed by atoms with E-state index in [1.807, 2.05) is 6.07 Å². The highest BCUT2D eigenvalue weighted by atomic mass is 35.5. The molecule has 9 heteroatoms. The summed E-state index contributed by atoms with van der Waals surface area (Å²) in [6.45, 7) is 0. The van der Waals surface area contributed by atoms with Crippen molar-refractivity contribution in [2.24, 2.45) is 0 Å². The minimum absolute atomic E-state index is 0.0610. The highest BCUT2D eigenvalue weighted by molar-refractivity contribution is 6.32. The molecule has 3 aromatic rings. The van der Waals surface area contributed by atoms with E-state index in [1.54, 1.807) is 24.3 Å². The number of hydrogen-bond donors (Lipinski definition) is 5. The zero-order valence-electron chi connectivity index (χ0n) is 13.0. The van der Waals surface area contributed by atoms with E-state index in [4.69, 9.17) is 44.9 Å². The van der Waals surface area contributed by atoms with Gasteiger partial charge >= 0.3 is 0 Å². The van der Waals surface area contributed by atoms with Gasteiger partial charge in [-0.25, -0.2) is 4.68 Å². The van der Waals surface area contributed by atoms with Crippen LogP contribution < -0.4 is 22.9 Å². The number of nitrogens with zero attached hydrogens (tertiary/aromatic N) is 3. The number of phenolic OH excluding ortho intramolecular Hbond substituents is 1. The predicted molar refractivity (Wildman–Crippen MR) is 99.0 cm³/mol. The Labute approximate surface area is 148 Å². The van der Waals surface area contributed by atoms with Gasteiger partial charge < -0.3 is 28.0 Å². The summed E-state index contributed by atoms with van der Waals surface area (Å²) in [5, 5.41) is 21.9. The van der Waals surface area contributed by atoms with E-state index < -0.39 is 0 Å². The van der Waals surface area contributed by atoms with Crippen molar-refractivity contribution in [1.29, 1.82) is 5.26 Å². The first kappa shape index (κ1) is 17.8. The third-order valence-corrected chi connectivity index (χ3v) is 3.48. The van der Waals surface area contributed by atoms with Crippen molar-refractivity contribution in [2.45, 2.75) is 0 Å². The van der Waals surface area contributed by atoms with Crippen LogP contribution in [0.5, 0.6) is 5.75 Å². The van der Waals surface area contributed by atoms with Crippen molar-refractivity contribution in [3.63, 3.8) is 0 Å². The summed E-state index contributed by atoms with van der Waals surface area (Å²) in [5.41, 5.74) is 25.0. The first-order valence-corrected chi connectivity index (χ1v) is 7.34. The van der Waals surface area contributed by atoms with Gasteiger partial charge in [0.25, 0.3) is 0 Å². The maximum Gasteiger partial charge on any atom is 0.145 e. The summed E-state index contributed by atoms with van der Waals surface area (Å²) in [5.74, 6) is 0.311. The van der Waals surface area contributed by atoms with Crippen LogP contribution in [-0.2, 0) is 0 Å². The van der Waals surface area contributed by atoms with E-state index in [0.717, 1.165) is 0 Å². The smallest absolute Gasteiger partial charge is 0.145 e. The number of anilines is 4. The molecule has 0 amide bonds. The van der Waals surface area contributed by atoms with E-state index in [0.29, 0.717) is 28.3 Å². The molecular formula is C16H16ClN7O. The van der Waals surface area contributed by atoms with Gasteiger partial charge in [-0.15, -0.1) is 0 Å². The van der Waals surface area contributed by atoms with E-state index in [1.165, 1.54) is 23.0 Å². The van der Waals surface area contributed by atoms with Crippen LogP contribution in [-0.4, -0.2) is 14.9 Å². The third kappa shape index (κ3) is 4.04. The van der Waals surface area contributed by atoms with E-state index in [-0.39, 0.29) is 16.6 Å². The fourth-order valence-electron chi connectivity index (χ4n) is 1.90. The molecule has 0 fully saturated rings. The minimum Gasteiger partial charge on any atom is -0.506 e. The molecule has 0 unspecified atom stereocenters. The van der Waals surface area contributed by atoms with Crippen LogP contribution in [0, 0.1) is 11.3 Å². The molecule has 0 aliphatic rings. The van der Waals surface area contributed by atoms with Crippen molar-refractivity contribution in [3.05, 3.63) is 53.2 Å². The van der Waals surface area contributed by atoms with Crippen molar-refractivity contribution in [2.75, 3.05) is 22.9 Å². The summed E-state index contributed by atoms with van der Waals surface area (Å²) in [6, 6.07) is 11.5. The van der Waals surface area contributed by atoms with Gasteiger partial charge in [0.15, 0.2) is 0 Å². The lowest BCUT2D eigenvalue weighted by Gasteiger charge is -2.08. The van der Waals surface area contributed by atoms with Crippen LogP contribution in [0.3, 0.4) is 0 Å². The molecule has 25 heavy (non-hydrogen) atoms. The Hall–Kier alpha value is -3.57. The summed E-state index contributed by atoms with van der Waals surface area (Å²) in [6.07, 6.45) is 1.39. The second kappa shape index (κ2) is 7.33. The maximum atomic E-state index is 8.86. The van der Waals surface area contributed by atoms with Crippen LogP contribution in [0.4, 0.5) is 22.9 Å². The van der Waals surface area contributed by atoms with Crippen molar-refractivity contribution in [3.8, 4) is 17.5 Å². The van der Waals surface area contributed by atoms with E-state index in [9.17, 15) is 0 Å². The summed E-state index contributed by atoms with van der Waals surface area (Å²) in [4.78, 5) is 0. The molecule has 128 valence electrons.